The number of nitrogens with zero attached hydrogens (tertiary/aromatic N) is 3. The van der Waals surface area contributed by atoms with Gasteiger partial charge in [0.05, 0.1) is 11.6 Å². The first-order valence-corrected chi connectivity index (χ1v) is 5.98. The van der Waals surface area contributed by atoms with E-state index in [2.05, 4.69) is 28.9 Å². The van der Waals surface area contributed by atoms with Gasteiger partial charge in [0.2, 0.25) is 0 Å². The zero-order valence-corrected chi connectivity index (χ0v) is 10.2. The third kappa shape index (κ3) is 3.67. The standard InChI is InChI=1S/C11H18ClN3/c1-3-7-15(8-4-2)11-6-5-10(9-12)13-14-11/h5-6H,3-4,7-9H2,1-2H3. The van der Waals surface area contributed by atoms with Crippen LogP contribution < -0.4 is 4.90 Å². The predicted octanol–water partition coefficient (Wildman–Crippen LogP) is 2.84. The molecule has 1 rings (SSSR count). The van der Waals surface area contributed by atoms with E-state index in [-0.39, 0.29) is 0 Å². The van der Waals surface area contributed by atoms with Gasteiger partial charge in [-0.1, -0.05) is 13.8 Å². The van der Waals surface area contributed by atoms with E-state index in [4.69, 9.17) is 11.6 Å². The van der Waals surface area contributed by atoms with Crippen molar-refractivity contribution >= 4 is 17.4 Å². The third-order valence-corrected chi connectivity index (χ3v) is 2.43. The highest BCUT2D eigenvalue weighted by Crippen LogP contribution is 2.11. The zero-order valence-electron chi connectivity index (χ0n) is 9.41. The van der Waals surface area contributed by atoms with Gasteiger partial charge in [-0.25, -0.2) is 0 Å². The topological polar surface area (TPSA) is 29.0 Å². The first-order valence-electron chi connectivity index (χ1n) is 5.45. The second kappa shape index (κ2) is 6.62. The molecule has 3 nitrogen and oxygen atoms in total. The predicted molar refractivity (Wildman–Crippen MR) is 64.4 cm³/mol. The lowest BCUT2D eigenvalue weighted by atomic mass is 10.3. The van der Waals surface area contributed by atoms with Gasteiger partial charge in [-0.05, 0) is 25.0 Å². The minimum Gasteiger partial charge on any atom is -0.355 e. The fraction of sp³-hybridized carbons (Fsp3) is 0.636. The molecular formula is C11H18ClN3. The summed E-state index contributed by atoms with van der Waals surface area (Å²) >= 11 is 5.67. The summed E-state index contributed by atoms with van der Waals surface area (Å²) in [7, 11) is 0. The van der Waals surface area contributed by atoms with Crippen LogP contribution >= 0.6 is 11.6 Å². The number of hydrogen-bond donors (Lipinski definition) is 0. The van der Waals surface area contributed by atoms with Gasteiger partial charge in [0.25, 0.3) is 0 Å². The van der Waals surface area contributed by atoms with Crippen LogP contribution in [-0.4, -0.2) is 23.3 Å². The van der Waals surface area contributed by atoms with Crippen molar-refractivity contribution in [2.45, 2.75) is 32.6 Å². The lowest BCUT2D eigenvalue weighted by Gasteiger charge is -2.21. The van der Waals surface area contributed by atoms with E-state index in [1.165, 1.54) is 0 Å². The fourth-order valence-electron chi connectivity index (χ4n) is 1.47. The highest BCUT2D eigenvalue weighted by Gasteiger charge is 2.06. The molecule has 0 bridgehead atoms. The molecule has 0 aliphatic carbocycles. The van der Waals surface area contributed by atoms with E-state index in [1.807, 2.05) is 12.1 Å². The van der Waals surface area contributed by atoms with Crippen LogP contribution in [0.25, 0.3) is 0 Å². The molecule has 1 aromatic rings. The number of halogens is 1. The maximum Gasteiger partial charge on any atom is 0.151 e. The molecule has 0 aliphatic rings. The number of anilines is 1. The largest absolute Gasteiger partial charge is 0.355 e. The maximum absolute atomic E-state index is 5.67. The van der Waals surface area contributed by atoms with Crippen LogP contribution in [0.4, 0.5) is 5.82 Å². The molecule has 0 N–H and O–H groups in total. The molecule has 0 unspecified atom stereocenters. The lowest BCUT2D eigenvalue weighted by molar-refractivity contribution is 0.724. The Morgan fingerprint density at radius 3 is 2.20 bits per heavy atom. The fourth-order valence-corrected chi connectivity index (χ4v) is 1.62. The molecule has 1 aromatic heterocycles. The Labute approximate surface area is 96.5 Å². The smallest absolute Gasteiger partial charge is 0.151 e. The van der Waals surface area contributed by atoms with Crippen LogP contribution in [0.3, 0.4) is 0 Å². The van der Waals surface area contributed by atoms with Gasteiger partial charge in [0.15, 0.2) is 5.82 Å². The second-order valence-corrected chi connectivity index (χ2v) is 3.77. The van der Waals surface area contributed by atoms with Crippen molar-refractivity contribution in [2.24, 2.45) is 0 Å². The van der Waals surface area contributed by atoms with Crippen LogP contribution in [0.5, 0.6) is 0 Å². The molecule has 0 fully saturated rings. The second-order valence-electron chi connectivity index (χ2n) is 3.50. The Balaban J connectivity index is 2.72. The maximum atomic E-state index is 5.67. The summed E-state index contributed by atoms with van der Waals surface area (Å²) in [6, 6.07) is 3.93. The molecule has 0 amide bonds. The molecule has 0 spiro atoms. The third-order valence-electron chi connectivity index (χ3n) is 2.15. The molecular weight excluding hydrogens is 210 g/mol. The number of rotatable bonds is 6. The van der Waals surface area contributed by atoms with Gasteiger partial charge < -0.3 is 4.90 Å². The lowest BCUT2D eigenvalue weighted by Crippen LogP contribution is -2.26. The van der Waals surface area contributed by atoms with E-state index in [1.54, 1.807) is 0 Å². The highest BCUT2D eigenvalue weighted by molar-refractivity contribution is 6.16. The van der Waals surface area contributed by atoms with Crippen LogP contribution in [0.2, 0.25) is 0 Å². The molecule has 15 heavy (non-hydrogen) atoms. The summed E-state index contributed by atoms with van der Waals surface area (Å²) in [5.41, 5.74) is 0.827. The first kappa shape index (κ1) is 12.2. The van der Waals surface area contributed by atoms with E-state index in [0.717, 1.165) is 37.4 Å². The highest BCUT2D eigenvalue weighted by atomic mass is 35.5. The van der Waals surface area contributed by atoms with Crippen LogP contribution in [0, 0.1) is 0 Å². The minimum absolute atomic E-state index is 0.425. The SMILES string of the molecule is CCCN(CCC)c1ccc(CCl)nn1. The van der Waals surface area contributed by atoms with Crippen molar-refractivity contribution in [1.29, 1.82) is 0 Å². The van der Waals surface area contributed by atoms with E-state index in [0.29, 0.717) is 5.88 Å². The van der Waals surface area contributed by atoms with Gasteiger partial charge in [-0.2, -0.15) is 5.10 Å². The van der Waals surface area contributed by atoms with Crippen molar-refractivity contribution in [3.63, 3.8) is 0 Å². The van der Waals surface area contributed by atoms with Crippen molar-refractivity contribution in [3.05, 3.63) is 17.8 Å². The Hall–Kier alpha value is -0.830. The minimum atomic E-state index is 0.425. The van der Waals surface area contributed by atoms with Gasteiger partial charge in [0, 0.05) is 13.1 Å². The van der Waals surface area contributed by atoms with E-state index < -0.39 is 0 Å². The van der Waals surface area contributed by atoms with Crippen LogP contribution in [0.15, 0.2) is 12.1 Å². The Kier molecular flexibility index (Phi) is 5.40. The molecule has 1 heterocycles. The van der Waals surface area contributed by atoms with E-state index in [9.17, 15) is 0 Å². The Bertz CT molecular complexity index is 268. The van der Waals surface area contributed by atoms with Gasteiger partial charge in [-0.3, -0.25) is 0 Å². The van der Waals surface area contributed by atoms with Crippen molar-refractivity contribution in [2.75, 3.05) is 18.0 Å². The molecule has 0 atom stereocenters. The van der Waals surface area contributed by atoms with E-state index >= 15 is 0 Å². The number of alkyl halides is 1. The first-order chi connectivity index (χ1) is 7.31. The van der Waals surface area contributed by atoms with Crippen molar-refractivity contribution in [1.82, 2.24) is 10.2 Å². The summed E-state index contributed by atoms with van der Waals surface area (Å²) in [5, 5.41) is 8.24. The van der Waals surface area contributed by atoms with Gasteiger partial charge in [-0.15, -0.1) is 16.7 Å². The molecule has 84 valence electrons. The summed E-state index contributed by atoms with van der Waals surface area (Å²) in [6.45, 7) is 6.40. The summed E-state index contributed by atoms with van der Waals surface area (Å²) in [5.74, 6) is 1.38. The molecule has 0 saturated heterocycles. The molecule has 0 aromatic carbocycles. The van der Waals surface area contributed by atoms with Gasteiger partial charge in [0.1, 0.15) is 0 Å². The van der Waals surface area contributed by atoms with Crippen LogP contribution in [-0.2, 0) is 5.88 Å². The Morgan fingerprint density at radius 1 is 1.13 bits per heavy atom. The van der Waals surface area contributed by atoms with Crippen LogP contribution in [0.1, 0.15) is 32.4 Å². The molecule has 4 heteroatoms. The average molecular weight is 228 g/mol. The molecule has 0 saturated carbocycles. The molecule has 0 radical (unpaired) electrons. The Morgan fingerprint density at radius 2 is 1.80 bits per heavy atom. The number of aromatic nitrogens is 2. The normalized spacial score (nSPS) is 10.3. The quantitative estimate of drug-likeness (QED) is 0.700. The summed E-state index contributed by atoms with van der Waals surface area (Å²) in [6.07, 6.45) is 2.25. The zero-order chi connectivity index (χ0) is 11.1. The van der Waals surface area contributed by atoms with Gasteiger partial charge >= 0.3 is 0 Å². The number of hydrogen-bond acceptors (Lipinski definition) is 3. The van der Waals surface area contributed by atoms with Crippen molar-refractivity contribution in [3.8, 4) is 0 Å². The summed E-state index contributed by atoms with van der Waals surface area (Å²) < 4.78 is 0. The van der Waals surface area contributed by atoms with Crippen molar-refractivity contribution < 1.29 is 0 Å². The molecule has 0 aliphatic heterocycles. The summed E-state index contributed by atoms with van der Waals surface area (Å²) in [4.78, 5) is 2.25. The monoisotopic (exact) mass is 227 g/mol. The average Bonchev–Trinajstić information content (AvgIpc) is 2.29.